The number of alkyl halides is 3. The van der Waals surface area contributed by atoms with Crippen LogP contribution in [0.5, 0.6) is 17.2 Å². The van der Waals surface area contributed by atoms with Crippen molar-refractivity contribution in [3.63, 3.8) is 0 Å². The molecule has 0 saturated carbocycles. The summed E-state index contributed by atoms with van der Waals surface area (Å²) in [4.78, 5) is 12.8. The molecule has 2 aromatic carbocycles. The zero-order valence-electron chi connectivity index (χ0n) is 17.4. The second-order valence-corrected chi connectivity index (χ2v) is 7.02. The average molecular weight is 436 g/mol. The molecular weight excluding hydrogens is 413 g/mol. The van der Waals surface area contributed by atoms with E-state index >= 15 is 0 Å². The van der Waals surface area contributed by atoms with Gasteiger partial charge in [0.25, 0.3) is 0 Å². The van der Waals surface area contributed by atoms with Crippen LogP contribution in [0.1, 0.15) is 36.5 Å². The Morgan fingerprint density at radius 2 is 1.65 bits per heavy atom. The third-order valence-corrected chi connectivity index (χ3v) is 5.06. The first-order valence-electron chi connectivity index (χ1n) is 9.66. The molecule has 1 atom stereocenters. The Kier molecular flexibility index (Phi) is 6.77. The lowest BCUT2D eigenvalue weighted by atomic mass is 9.90. The van der Waals surface area contributed by atoms with Crippen LogP contribution in [0.3, 0.4) is 0 Å². The highest BCUT2D eigenvalue weighted by atomic mass is 19.4. The first kappa shape index (κ1) is 22.5. The molecule has 0 saturated heterocycles. The number of rotatable bonds is 8. The first-order chi connectivity index (χ1) is 14.8. The molecular formula is C23H23F3O5. The summed E-state index contributed by atoms with van der Waals surface area (Å²) in [5, 5.41) is 0.287. The van der Waals surface area contributed by atoms with Crippen molar-refractivity contribution < 1.29 is 31.8 Å². The van der Waals surface area contributed by atoms with Crippen molar-refractivity contribution in [2.45, 2.75) is 31.4 Å². The van der Waals surface area contributed by atoms with Crippen LogP contribution < -0.4 is 19.6 Å². The molecule has 0 aliphatic heterocycles. The van der Waals surface area contributed by atoms with Gasteiger partial charge in [-0.25, -0.2) is 0 Å². The van der Waals surface area contributed by atoms with Crippen LogP contribution >= 0.6 is 0 Å². The first-order valence-corrected chi connectivity index (χ1v) is 9.66. The van der Waals surface area contributed by atoms with E-state index in [2.05, 4.69) is 0 Å². The molecule has 0 N–H and O–H groups in total. The Morgan fingerprint density at radius 1 is 0.935 bits per heavy atom. The van der Waals surface area contributed by atoms with Crippen molar-refractivity contribution in [3.05, 3.63) is 64.0 Å². The number of hydrogen-bond acceptors (Lipinski definition) is 5. The molecule has 0 fully saturated rings. The minimum Gasteiger partial charge on any atom is -0.496 e. The number of benzene rings is 2. The van der Waals surface area contributed by atoms with E-state index in [1.807, 2.05) is 0 Å². The van der Waals surface area contributed by atoms with Crippen LogP contribution in [0, 0.1) is 0 Å². The van der Waals surface area contributed by atoms with E-state index < -0.39 is 18.5 Å². The molecule has 0 amide bonds. The predicted octanol–water partition coefficient (Wildman–Crippen LogP) is 5.68. The normalized spacial score (nSPS) is 12.6. The number of halogens is 3. The standard InChI is InChI=1S/C23H23F3O5/c1-28-17-10-9-14(12-21(17)30-3)15(6-5-11-23(24,25)26)20-13-16(27)22-18(29-2)7-4-8-19(22)31-20/h4,7-10,12-13,15H,5-6,11H2,1-3H3. The Hall–Kier alpha value is -3.16. The fourth-order valence-electron chi connectivity index (χ4n) is 3.59. The summed E-state index contributed by atoms with van der Waals surface area (Å²) in [6, 6.07) is 11.4. The predicted molar refractivity (Wildman–Crippen MR) is 110 cm³/mol. The van der Waals surface area contributed by atoms with Crippen LogP contribution in [0.2, 0.25) is 0 Å². The summed E-state index contributed by atoms with van der Waals surface area (Å²) in [7, 11) is 4.42. The molecule has 0 aliphatic rings. The van der Waals surface area contributed by atoms with Crippen LogP contribution in [-0.4, -0.2) is 27.5 Å². The van der Waals surface area contributed by atoms with Gasteiger partial charge in [-0.2, -0.15) is 13.2 Å². The monoisotopic (exact) mass is 436 g/mol. The number of hydrogen-bond donors (Lipinski definition) is 0. The largest absolute Gasteiger partial charge is 0.496 e. The zero-order valence-corrected chi connectivity index (χ0v) is 17.4. The maximum atomic E-state index is 12.8. The quantitative estimate of drug-likeness (QED) is 0.455. The van der Waals surface area contributed by atoms with Crippen molar-refractivity contribution in [1.29, 1.82) is 0 Å². The lowest BCUT2D eigenvalue weighted by Gasteiger charge is -2.19. The van der Waals surface area contributed by atoms with Gasteiger partial charge in [-0.3, -0.25) is 4.79 Å². The van der Waals surface area contributed by atoms with E-state index in [0.29, 0.717) is 28.4 Å². The summed E-state index contributed by atoms with van der Waals surface area (Å²) in [5.74, 6) is 0.999. The second kappa shape index (κ2) is 9.32. The Bertz CT molecular complexity index is 1100. The summed E-state index contributed by atoms with van der Waals surface area (Å²) in [6.45, 7) is 0. The minimum atomic E-state index is -4.26. The molecule has 0 bridgehead atoms. The van der Waals surface area contributed by atoms with Crippen LogP contribution in [0.15, 0.2) is 51.7 Å². The smallest absolute Gasteiger partial charge is 0.389 e. The van der Waals surface area contributed by atoms with Gasteiger partial charge in [0.1, 0.15) is 22.5 Å². The van der Waals surface area contributed by atoms with Gasteiger partial charge >= 0.3 is 6.18 Å². The fourth-order valence-corrected chi connectivity index (χ4v) is 3.59. The van der Waals surface area contributed by atoms with Gasteiger partial charge in [0.2, 0.25) is 0 Å². The molecule has 1 aromatic heterocycles. The van der Waals surface area contributed by atoms with Gasteiger partial charge in [0.15, 0.2) is 16.9 Å². The third-order valence-electron chi connectivity index (χ3n) is 5.06. The van der Waals surface area contributed by atoms with Crippen LogP contribution in [0.4, 0.5) is 13.2 Å². The maximum Gasteiger partial charge on any atom is 0.389 e. The molecule has 166 valence electrons. The lowest BCUT2D eigenvalue weighted by Crippen LogP contribution is -2.11. The Labute approximate surface area is 177 Å². The van der Waals surface area contributed by atoms with E-state index in [4.69, 9.17) is 18.6 Å². The fraction of sp³-hybridized carbons (Fsp3) is 0.348. The van der Waals surface area contributed by atoms with Crippen molar-refractivity contribution >= 4 is 11.0 Å². The summed E-state index contributed by atoms with van der Waals surface area (Å²) >= 11 is 0. The minimum absolute atomic E-state index is 0.123. The Balaban J connectivity index is 2.09. The van der Waals surface area contributed by atoms with Crippen LogP contribution in [0.25, 0.3) is 11.0 Å². The van der Waals surface area contributed by atoms with E-state index in [-0.39, 0.29) is 29.4 Å². The highest BCUT2D eigenvalue weighted by Crippen LogP contribution is 2.37. The van der Waals surface area contributed by atoms with E-state index in [0.717, 1.165) is 0 Å². The van der Waals surface area contributed by atoms with Gasteiger partial charge in [-0.15, -0.1) is 0 Å². The third kappa shape index (κ3) is 5.13. The zero-order chi connectivity index (χ0) is 22.6. The van der Waals surface area contributed by atoms with Crippen molar-refractivity contribution in [2.24, 2.45) is 0 Å². The van der Waals surface area contributed by atoms with Crippen molar-refractivity contribution in [2.75, 3.05) is 21.3 Å². The number of methoxy groups -OCH3 is 3. The van der Waals surface area contributed by atoms with Crippen molar-refractivity contribution in [1.82, 2.24) is 0 Å². The van der Waals surface area contributed by atoms with E-state index in [9.17, 15) is 18.0 Å². The molecule has 3 aromatic rings. The molecule has 0 spiro atoms. The topological polar surface area (TPSA) is 57.9 Å². The van der Waals surface area contributed by atoms with Crippen LogP contribution in [-0.2, 0) is 0 Å². The highest BCUT2D eigenvalue weighted by Gasteiger charge is 2.28. The van der Waals surface area contributed by atoms with Gasteiger partial charge in [0.05, 0.1) is 21.3 Å². The van der Waals surface area contributed by atoms with Gasteiger partial charge in [-0.1, -0.05) is 12.1 Å². The van der Waals surface area contributed by atoms with Gasteiger partial charge in [-0.05, 0) is 42.7 Å². The average Bonchev–Trinajstić information content (AvgIpc) is 2.74. The summed E-state index contributed by atoms with van der Waals surface area (Å²) < 4.78 is 60.1. The second-order valence-electron chi connectivity index (χ2n) is 7.02. The van der Waals surface area contributed by atoms with Gasteiger partial charge < -0.3 is 18.6 Å². The lowest BCUT2D eigenvalue weighted by molar-refractivity contribution is -0.135. The molecule has 0 aliphatic carbocycles. The summed E-state index contributed by atoms with van der Waals surface area (Å²) in [6.07, 6.45) is -5.18. The molecule has 1 heterocycles. The van der Waals surface area contributed by atoms with E-state index in [1.165, 1.54) is 27.4 Å². The SMILES string of the molecule is COc1ccc(C(CCCC(F)(F)F)c2cc(=O)c3c(OC)cccc3o2)cc1OC. The molecule has 31 heavy (non-hydrogen) atoms. The molecule has 0 radical (unpaired) electrons. The molecule has 3 rings (SSSR count). The van der Waals surface area contributed by atoms with Crippen molar-refractivity contribution in [3.8, 4) is 17.2 Å². The summed E-state index contributed by atoms with van der Waals surface area (Å²) in [5.41, 5.74) is 0.642. The Morgan fingerprint density at radius 3 is 2.29 bits per heavy atom. The van der Waals surface area contributed by atoms with E-state index in [1.54, 1.807) is 36.4 Å². The number of fused-ring (bicyclic) bond motifs is 1. The molecule has 1 unspecified atom stereocenters. The van der Waals surface area contributed by atoms with Gasteiger partial charge in [0, 0.05) is 18.4 Å². The highest BCUT2D eigenvalue weighted by molar-refractivity contribution is 5.83. The molecule has 8 heteroatoms. The maximum absolute atomic E-state index is 12.8. The molecule has 5 nitrogen and oxygen atoms in total. The number of ether oxygens (including phenoxy) is 3.